The predicted molar refractivity (Wildman–Crippen MR) is 47.7 cm³/mol. The second kappa shape index (κ2) is 4.45. The molecule has 3 nitrogen and oxygen atoms in total. The first-order valence-corrected chi connectivity index (χ1v) is 4.72. The van der Waals surface area contributed by atoms with Crippen LogP contribution in [0.1, 0.15) is 19.3 Å². The van der Waals surface area contributed by atoms with Crippen LogP contribution < -0.4 is 5.32 Å². The summed E-state index contributed by atoms with van der Waals surface area (Å²) in [7, 11) is 3.66. The van der Waals surface area contributed by atoms with E-state index in [2.05, 4.69) is 5.32 Å². The van der Waals surface area contributed by atoms with Crippen molar-refractivity contribution in [3.63, 3.8) is 0 Å². The zero-order valence-corrected chi connectivity index (χ0v) is 8.05. The van der Waals surface area contributed by atoms with E-state index in [0.717, 1.165) is 6.42 Å². The molecule has 0 radical (unpaired) electrons. The summed E-state index contributed by atoms with van der Waals surface area (Å²) in [5.74, 6) is 0.923. The number of nitrogens with two attached hydrogens (primary N) is 1. The number of carbonyl (C=O) groups is 1. The third-order valence-corrected chi connectivity index (χ3v) is 2.52. The van der Waals surface area contributed by atoms with Crippen LogP contribution in [0.4, 0.5) is 0 Å². The zero-order valence-electron chi connectivity index (χ0n) is 8.05. The van der Waals surface area contributed by atoms with Gasteiger partial charge < -0.3 is 10.2 Å². The Bertz CT molecular complexity index is 151. The van der Waals surface area contributed by atoms with Gasteiger partial charge in [-0.1, -0.05) is 0 Å². The van der Waals surface area contributed by atoms with E-state index in [1.807, 2.05) is 14.1 Å². The van der Waals surface area contributed by atoms with E-state index in [-0.39, 0.29) is 5.91 Å². The molecule has 1 heterocycles. The van der Waals surface area contributed by atoms with Crippen molar-refractivity contribution in [1.29, 1.82) is 0 Å². The van der Waals surface area contributed by atoms with E-state index >= 15 is 0 Å². The van der Waals surface area contributed by atoms with Crippen LogP contribution in [0.15, 0.2) is 0 Å². The molecule has 0 unspecified atom stereocenters. The quantitative estimate of drug-likeness (QED) is 0.594. The highest BCUT2D eigenvalue weighted by molar-refractivity contribution is 5.75. The molecule has 0 aromatic carbocycles. The molecule has 1 amide bonds. The molecule has 0 spiro atoms. The SMILES string of the molecule is CN(C)C(=O)CC1CC[NH2+]CC1. The van der Waals surface area contributed by atoms with Crippen LogP contribution in [0.2, 0.25) is 0 Å². The van der Waals surface area contributed by atoms with Crippen LogP contribution in [-0.4, -0.2) is 38.0 Å². The van der Waals surface area contributed by atoms with E-state index in [4.69, 9.17) is 0 Å². The molecule has 1 saturated heterocycles. The Hall–Kier alpha value is -0.570. The van der Waals surface area contributed by atoms with Gasteiger partial charge >= 0.3 is 0 Å². The van der Waals surface area contributed by atoms with Gasteiger partial charge in [-0.15, -0.1) is 0 Å². The van der Waals surface area contributed by atoms with Gasteiger partial charge in [0.05, 0.1) is 13.1 Å². The first-order chi connectivity index (χ1) is 5.70. The van der Waals surface area contributed by atoms with Crippen LogP contribution in [0.25, 0.3) is 0 Å². The number of quaternary nitrogens is 1. The number of hydrogen-bond donors (Lipinski definition) is 1. The van der Waals surface area contributed by atoms with Gasteiger partial charge in [-0.3, -0.25) is 4.79 Å². The Morgan fingerprint density at radius 1 is 1.42 bits per heavy atom. The van der Waals surface area contributed by atoms with Gasteiger partial charge in [0.25, 0.3) is 0 Å². The monoisotopic (exact) mass is 171 g/mol. The lowest BCUT2D eigenvalue weighted by Gasteiger charge is -2.21. The third-order valence-electron chi connectivity index (χ3n) is 2.52. The van der Waals surface area contributed by atoms with E-state index in [1.54, 1.807) is 4.90 Å². The topological polar surface area (TPSA) is 36.9 Å². The number of amides is 1. The van der Waals surface area contributed by atoms with Crippen LogP contribution in [-0.2, 0) is 4.79 Å². The number of hydrogen-bond acceptors (Lipinski definition) is 1. The highest BCUT2D eigenvalue weighted by atomic mass is 16.2. The fourth-order valence-electron chi connectivity index (χ4n) is 1.63. The second-order valence-electron chi connectivity index (χ2n) is 3.80. The number of nitrogens with zero attached hydrogens (tertiary/aromatic N) is 1. The molecule has 1 aliphatic rings. The summed E-state index contributed by atoms with van der Waals surface area (Å²) in [4.78, 5) is 13.0. The smallest absolute Gasteiger partial charge is 0.222 e. The number of piperidine rings is 1. The van der Waals surface area contributed by atoms with E-state index in [0.29, 0.717) is 5.92 Å². The molecule has 2 N–H and O–H groups in total. The van der Waals surface area contributed by atoms with Gasteiger partial charge in [0.1, 0.15) is 0 Å². The Morgan fingerprint density at radius 3 is 2.50 bits per heavy atom. The van der Waals surface area contributed by atoms with Crippen molar-refractivity contribution in [2.24, 2.45) is 5.92 Å². The maximum Gasteiger partial charge on any atom is 0.222 e. The van der Waals surface area contributed by atoms with Gasteiger partial charge in [-0.25, -0.2) is 0 Å². The summed E-state index contributed by atoms with van der Waals surface area (Å²) in [6.07, 6.45) is 3.17. The first kappa shape index (κ1) is 9.52. The molecule has 0 aliphatic carbocycles. The largest absolute Gasteiger partial charge is 0.349 e. The Kier molecular flexibility index (Phi) is 3.53. The molecular formula is C9H19N2O+. The summed E-state index contributed by atoms with van der Waals surface area (Å²) in [5, 5.41) is 2.33. The Balaban J connectivity index is 2.24. The van der Waals surface area contributed by atoms with Crippen molar-refractivity contribution in [2.75, 3.05) is 27.2 Å². The van der Waals surface area contributed by atoms with Crippen LogP contribution in [0.5, 0.6) is 0 Å². The summed E-state index contributed by atoms with van der Waals surface area (Å²) in [6.45, 7) is 2.40. The molecule has 1 rings (SSSR count). The van der Waals surface area contributed by atoms with Crippen LogP contribution in [0, 0.1) is 5.92 Å². The predicted octanol–water partition coefficient (Wildman–Crippen LogP) is -0.562. The average molecular weight is 171 g/mol. The van der Waals surface area contributed by atoms with Crippen molar-refractivity contribution in [2.45, 2.75) is 19.3 Å². The average Bonchev–Trinajstić information content (AvgIpc) is 2.06. The fraction of sp³-hybridized carbons (Fsp3) is 0.889. The molecule has 1 aliphatic heterocycles. The summed E-state index contributed by atoms with van der Waals surface area (Å²) in [5.41, 5.74) is 0. The molecule has 0 saturated carbocycles. The van der Waals surface area contributed by atoms with E-state index < -0.39 is 0 Å². The maximum absolute atomic E-state index is 11.3. The molecular weight excluding hydrogens is 152 g/mol. The lowest BCUT2D eigenvalue weighted by atomic mass is 9.94. The minimum Gasteiger partial charge on any atom is -0.349 e. The van der Waals surface area contributed by atoms with Gasteiger partial charge in [0.2, 0.25) is 5.91 Å². The van der Waals surface area contributed by atoms with E-state index in [9.17, 15) is 4.79 Å². The Labute approximate surface area is 74.1 Å². The van der Waals surface area contributed by atoms with Crippen molar-refractivity contribution < 1.29 is 10.1 Å². The first-order valence-electron chi connectivity index (χ1n) is 4.72. The third kappa shape index (κ3) is 2.81. The molecule has 3 heteroatoms. The van der Waals surface area contributed by atoms with Gasteiger partial charge in [-0.05, 0) is 18.8 Å². The highest BCUT2D eigenvalue weighted by Gasteiger charge is 2.19. The number of rotatable bonds is 2. The number of carbonyl (C=O) groups excluding carboxylic acids is 1. The zero-order chi connectivity index (χ0) is 8.97. The van der Waals surface area contributed by atoms with Crippen LogP contribution >= 0.6 is 0 Å². The summed E-state index contributed by atoms with van der Waals surface area (Å²) < 4.78 is 0. The van der Waals surface area contributed by atoms with Gasteiger partial charge in [0.15, 0.2) is 0 Å². The van der Waals surface area contributed by atoms with Crippen molar-refractivity contribution in [1.82, 2.24) is 4.90 Å². The van der Waals surface area contributed by atoms with Crippen molar-refractivity contribution >= 4 is 5.91 Å². The maximum atomic E-state index is 11.3. The molecule has 70 valence electrons. The lowest BCUT2D eigenvalue weighted by Crippen LogP contribution is -2.86. The molecule has 0 atom stereocenters. The van der Waals surface area contributed by atoms with Gasteiger partial charge in [0, 0.05) is 20.5 Å². The molecule has 12 heavy (non-hydrogen) atoms. The Morgan fingerprint density at radius 2 is 2.00 bits per heavy atom. The van der Waals surface area contributed by atoms with Crippen LogP contribution in [0.3, 0.4) is 0 Å². The summed E-state index contributed by atoms with van der Waals surface area (Å²) >= 11 is 0. The minimum absolute atomic E-state index is 0.280. The normalized spacial score (nSPS) is 19.2. The van der Waals surface area contributed by atoms with Gasteiger partial charge in [-0.2, -0.15) is 0 Å². The minimum atomic E-state index is 0.280. The molecule has 1 fully saturated rings. The second-order valence-corrected chi connectivity index (χ2v) is 3.80. The molecule has 0 bridgehead atoms. The molecule has 0 aromatic rings. The van der Waals surface area contributed by atoms with Crippen molar-refractivity contribution in [3.05, 3.63) is 0 Å². The lowest BCUT2D eigenvalue weighted by molar-refractivity contribution is -0.664. The fourth-order valence-corrected chi connectivity index (χ4v) is 1.63. The van der Waals surface area contributed by atoms with Crippen molar-refractivity contribution in [3.8, 4) is 0 Å². The highest BCUT2D eigenvalue weighted by Crippen LogP contribution is 2.14. The molecule has 0 aromatic heterocycles. The van der Waals surface area contributed by atoms with E-state index in [1.165, 1.54) is 25.9 Å². The standard InChI is InChI=1S/C9H18N2O/c1-11(2)9(12)7-8-3-5-10-6-4-8/h8,10H,3-7H2,1-2H3/p+1. The summed E-state index contributed by atoms with van der Waals surface area (Å²) in [6, 6.07) is 0.